The van der Waals surface area contributed by atoms with E-state index in [4.69, 9.17) is 28.5 Å². The average Bonchev–Trinajstić information content (AvgIpc) is 2.74. The molecule has 3 rings (SSSR count). The highest BCUT2D eigenvalue weighted by Crippen LogP contribution is 2.24. The molecule has 0 radical (unpaired) electrons. The molecule has 0 heterocycles. The summed E-state index contributed by atoms with van der Waals surface area (Å²) in [5, 5.41) is 23.7. The molecule has 29 heavy (non-hydrogen) atoms. The number of nitrogens with zero attached hydrogens (tertiary/aromatic N) is 2. The monoisotopic (exact) mass is 425 g/mol. The van der Waals surface area contributed by atoms with E-state index in [2.05, 4.69) is 5.32 Å². The molecule has 0 fully saturated rings. The Morgan fingerprint density at radius 1 is 1.03 bits per heavy atom. The van der Waals surface area contributed by atoms with Gasteiger partial charge in [0.1, 0.15) is 0 Å². The van der Waals surface area contributed by atoms with E-state index >= 15 is 0 Å². The van der Waals surface area contributed by atoms with Crippen molar-refractivity contribution in [3.05, 3.63) is 94.0 Å². The van der Waals surface area contributed by atoms with Gasteiger partial charge >= 0.3 is 6.03 Å². The largest absolute Gasteiger partial charge is 0.387 e. The lowest BCUT2D eigenvalue weighted by atomic mass is 10.1. The lowest BCUT2D eigenvalue weighted by Gasteiger charge is -2.26. The highest BCUT2D eigenvalue weighted by Gasteiger charge is 2.21. The number of urea groups is 1. The molecule has 0 saturated heterocycles. The number of aliphatic hydroxyl groups excluding tert-OH is 1. The van der Waals surface area contributed by atoms with Gasteiger partial charge in [-0.15, -0.1) is 0 Å². The number of carbonyl (C=O) groups is 1. The van der Waals surface area contributed by atoms with Crippen LogP contribution >= 0.6 is 23.2 Å². The van der Waals surface area contributed by atoms with Crippen LogP contribution < -0.4 is 10.2 Å². The number of rotatable bonds is 5. The van der Waals surface area contributed by atoms with Crippen LogP contribution in [0.2, 0.25) is 10.0 Å². The number of benzene rings is 3. The van der Waals surface area contributed by atoms with Crippen LogP contribution in [0.5, 0.6) is 0 Å². The summed E-state index contributed by atoms with van der Waals surface area (Å²) < 4.78 is 0. The minimum Gasteiger partial charge on any atom is -0.387 e. The Bertz CT molecular complexity index is 1030. The molecule has 0 spiro atoms. The molecule has 2 N–H and O–H groups in total. The van der Waals surface area contributed by atoms with Crippen molar-refractivity contribution in [1.29, 1.82) is 5.26 Å². The molecule has 0 bridgehead atoms. The number of halogens is 2. The first-order valence-electron chi connectivity index (χ1n) is 8.74. The predicted molar refractivity (Wildman–Crippen MR) is 115 cm³/mol. The van der Waals surface area contributed by atoms with Gasteiger partial charge in [-0.05, 0) is 66.2 Å². The predicted octanol–water partition coefficient (Wildman–Crippen LogP) is 5.64. The molecule has 7 heteroatoms. The Morgan fingerprint density at radius 2 is 1.66 bits per heavy atom. The maximum Gasteiger partial charge on any atom is 0.326 e. The number of hydrogen-bond acceptors (Lipinski definition) is 3. The van der Waals surface area contributed by atoms with E-state index in [0.29, 0.717) is 32.5 Å². The van der Waals surface area contributed by atoms with Crippen molar-refractivity contribution < 1.29 is 9.90 Å². The second-order valence-corrected chi connectivity index (χ2v) is 7.15. The van der Waals surface area contributed by atoms with E-state index in [1.807, 2.05) is 6.07 Å². The van der Waals surface area contributed by atoms with Crippen LogP contribution in [0, 0.1) is 11.3 Å². The van der Waals surface area contributed by atoms with Crippen molar-refractivity contribution in [2.24, 2.45) is 0 Å². The molecule has 0 aliphatic carbocycles. The summed E-state index contributed by atoms with van der Waals surface area (Å²) in [6.07, 6.45) is -0.991. The highest BCUT2D eigenvalue weighted by molar-refractivity contribution is 6.31. The molecule has 0 saturated carbocycles. The highest BCUT2D eigenvalue weighted by atomic mass is 35.5. The Balaban J connectivity index is 1.86. The molecule has 146 valence electrons. The molecular formula is C22H17Cl2N3O2. The van der Waals surface area contributed by atoms with Gasteiger partial charge < -0.3 is 10.4 Å². The minimum atomic E-state index is -0.991. The van der Waals surface area contributed by atoms with Crippen LogP contribution in [-0.4, -0.2) is 17.7 Å². The van der Waals surface area contributed by atoms with Gasteiger partial charge in [0.25, 0.3) is 0 Å². The average molecular weight is 426 g/mol. The summed E-state index contributed by atoms with van der Waals surface area (Å²) >= 11 is 11.9. The minimum absolute atomic E-state index is 0.0179. The van der Waals surface area contributed by atoms with Gasteiger partial charge in [-0.2, -0.15) is 5.26 Å². The standard InChI is InChI=1S/C22H17Cl2N3O2/c23-17-4-8-19(9-5-17)26-22(29)27(20-10-6-18(24)7-11-20)14-21(28)16-3-1-2-15(12-16)13-25/h1-12,21,28H,14H2,(H,26,29). The van der Waals surface area contributed by atoms with Gasteiger partial charge in [-0.3, -0.25) is 4.90 Å². The summed E-state index contributed by atoms with van der Waals surface area (Å²) in [5.41, 5.74) is 2.11. The first-order valence-corrected chi connectivity index (χ1v) is 9.49. The van der Waals surface area contributed by atoms with Gasteiger partial charge in [-0.1, -0.05) is 35.3 Å². The molecule has 2 amide bonds. The maximum atomic E-state index is 13.0. The van der Waals surface area contributed by atoms with Crippen molar-refractivity contribution in [1.82, 2.24) is 0 Å². The first kappa shape index (κ1) is 20.7. The molecule has 3 aromatic carbocycles. The fraction of sp³-hybridized carbons (Fsp3) is 0.0909. The zero-order chi connectivity index (χ0) is 20.8. The van der Waals surface area contributed by atoms with Crippen molar-refractivity contribution in [2.75, 3.05) is 16.8 Å². The quantitative estimate of drug-likeness (QED) is 0.555. The molecule has 0 aliphatic rings. The lowest BCUT2D eigenvalue weighted by molar-refractivity contribution is 0.183. The van der Waals surface area contributed by atoms with Crippen LogP contribution in [-0.2, 0) is 0 Å². The van der Waals surface area contributed by atoms with Crippen LogP contribution in [0.4, 0.5) is 16.2 Å². The topological polar surface area (TPSA) is 76.4 Å². The second kappa shape index (κ2) is 9.44. The smallest absolute Gasteiger partial charge is 0.326 e. The molecule has 0 aliphatic heterocycles. The van der Waals surface area contributed by atoms with Gasteiger partial charge in [0.2, 0.25) is 0 Å². The van der Waals surface area contributed by atoms with Crippen molar-refractivity contribution in [3.63, 3.8) is 0 Å². The van der Waals surface area contributed by atoms with E-state index < -0.39 is 12.1 Å². The SMILES string of the molecule is N#Cc1cccc(C(O)CN(C(=O)Nc2ccc(Cl)cc2)c2ccc(Cl)cc2)c1. The molecule has 5 nitrogen and oxygen atoms in total. The Morgan fingerprint density at radius 3 is 2.28 bits per heavy atom. The van der Waals surface area contributed by atoms with E-state index in [9.17, 15) is 9.90 Å². The van der Waals surface area contributed by atoms with Gasteiger partial charge in [0.05, 0.1) is 24.3 Å². The van der Waals surface area contributed by atoms with Crippen LogP contribution in [0.25, 0.3) is 0 Å². The molecule has 3 aromatic rings. The molecule has 1 unspecified atom stereocenters. The molecule has 1 atom stereocenters. The van der Waals surface area contributed by atoms with Gasteiger partial charge in [0.15, 0.2) is 0 Å². The van der Waals surface area contributed by atoms with Crippen LogP contribution in [0.15, 0.2) is 72.8 Å². The second-order valence-electron chi connectivity index (χ2n) is 6.28. The number of carbonyl (C=O) groups excluding carboxylic acids is 1. The zero-order valence-corrected chi connectivity index (χ0v) is 16.7. The number of hydrogen-bond donors (Lipinski definition) is 2. The van der Waals surface area contributed by atoms with Gasteiger partial charge in [0, 0.05) is 21.4 Å². The molecule has 0 aromatic heterocycles. The Labute approximate surface area is 178 Å². The van der Waals surface area contributed by atoms with Crippen molar-refractivity contribution in [3.8, 4) is 6.07 Å². The van der Waals surface area contributed by atoms with Crippen molar-refractivity contribution >= 4 is 40.6 Å². The number of nitrogens with one attached hydrogen (secondary N) is 1. The Hall–Kier alpha value is -3.04. The summed E-state index contributed by atoms with van der Waals surface area (Å²) in [6.45, 7) is -0.0179. The van der Waals surface area contributed by atoms with E-state index in [0.717, 1.165) is 0 Å². The van der Waals surface area contributed by atoms with E-state index in [1.165, 1.54) is 4.90 Å². The summed E-state index contributed by atoms with van der Waals surface area (Å²) in [7, 11) is 0. The Kier molecular flexibility index (Phi) is 6.73. The fourth-order valence-electron chi connectivity index (χ4n) is 2.74. The number of aliphatic hydroxyl groups is 1. The summed E-state index contributed by atoms with van der Waals surface area (Å²) in [6, 6.07) is 21.7. The normalized spacial score (nSPS) is 11.4. The van der Waals surface area contributed by atoms with E-state index in [1.54, 1.807) is 72.8 Å². The number of nitriles is 1. The summed E-state index contributed by atoms with van der Waals surface area (Å²) in [5.74, 6) is 0. The third kappa shape index (κ3) is 5.49. The number of anilines is 2. The van der Waals surface area contributed by atoms with Gasteiger partial charge in [-0.25, -0.2) is 4.79 Å². The fourth-order valence-corrected chi connectivity index (χ4v) is 3.00. The van der Waals surface area contributed by atoms with Crippen molar-refractivity contribution in [2.45, 2.75) is 6.10 Å². The first-order chi connectivity index (χ1) is 14.0. The van der Waals surface area contributed by atoms with Crippen LogP contribution in [0.3, 0.4) is 0 Å². The lowest BCUT2D eigenvalue weighted by Crippen LogP contribution is -2.38. The van der Waals surface area contributed by atoms with Crippen LogP contribution in [0.1, 0.15) is 17.2 Å². The third-order valence-corrected chi connectivity index (χ3v) is 4.74. The summed E-state index contributed by atoms with van der Waals surface area (Å²) in [4.78, 5) is 14.4. The third-order valence-electron chi connectivity index (χ3n) is 4.23. The maximum absolute atomic E-state index is 13.0. The molecular weight excluding hydrogens is 409 g/mol. The number of amides is 2. The van der Waals surface area contributed by atoms with E-state index in [-0.39, 0.29) is 6.54 Å². The zero-order valence-electron chi connectivity index (χ0n) is 15.2.